The summed E-state index contributed by atoms with van der Waals surface area (Å²) in [5.74, 6) is 0.814. The van der Waals surface area contributed by atoms with Crippen LogP contribution in [0.2, 0.25) is 5.02 Å². The smallest absolute Gasteiger partial charge is 0.433 e. The van der Waals surface area contributed by atoms with Crippen molar-refractivity contribution in [1.82, 2.24) is 19.9 Å². The molecule has 0 fully saturated rings. The lowest BCUT2D eigenvalue weighted by atomic mass is 10.1. The maximum absolute atomic E-state index is 13.9. The molecular weight excluding hydrogens is 513 g/mol. The molecule has 4 aromatic rings. The average molecular weight is 535 g/mol. The predicted octanol–water partition coefficient (Wildman–Crippen LogP) is 5.07. The summed E-state index contributed by atoms with van der Waals surface area (Å²) < 4.78 is 58.0. The second-order valence-electron chi connectivity index (χ2n) is 7.85. The molecule has 12 heteroatoms. The highest BCUT2D eigenvalue weighted by molar-refractivity contribution is 6.36. The number of aromatic nitrogens is 3. The Balaban J connectivity index is 1.63. The Morgan fingerprint density at radius 1 is 1.03 bits per heavy atom. The lowest BCUT2D eigenvalue weighted by Crippen LogP contribution is -2.26. The number of rotatable bonds is 8. The molecule has 2 heterocycles. The van der Waals surface area contributed by atoms with Crippen LogP contribution in [0.4, 0.5) is 13.2 Å². The number of carbonyl (C=O) groups is 1. The summed E-state index contributed by atoms with van der Waals surface area (Å²) >= 11 is 6.33. The van der Waals surface area contributed by atoms with E-state index in [1.165, 1.54) is 21.3 Å². The number of methoxy groups -OCH3 is 3. The number of ether oxygens (including phenoxy) is 3. The minimum Gasteiger partial charge on any atom is -0.497 e. The number of hydrogen-bond donors (Lipinski definition) is 1. The number of benzene rings is 2. The molecule has 0 aliphatic heterocycles. The van der Waals surface area contributed by atoms with Gasteiger partial charge < -0.3 is 19.5 Å². The van der Waals surface area contributed by atoms with E-state index in [0.717, 1.165) is 11.6 Å². The van der Waals surface area contributed by atoms with Gasteiger partial charge in [-0.25, -0.2) is 9.50 Å². The van der Waals surface area contributed by atoms with Crippen LogP contribution in [0.1, 0.15) is 21.7 Å². The number of halogens is 4. The maximum Gasteiger partial charge on any atom is 0.433 e. The largest absolute Gasteiger partial charge is 0.497 e. The summed E-state index contributed by atoms with van der Waals surface area (Å²) in [7, 11) is 4.48. The summed E-state index contributed by atoms with van der Waals surface area (Å²) in [5, 5.41) is 6.20. The van der Waals surface area contributed by atoms with Crippen LogP contribution in [0.3, 0.4) is 0 Å². The van der Waals surface area contributed by atoms with Crippen molar-refractivity contribution in [3.8, 4) is 28.5 Å². The van der Waals surface area contributed by atoms with Gasteiger partial charge in [0.15, 0.2) is 28.5 Å². The molecule has 0 spiro atoms. The van der Waals surface area contributed by atoms with Crippen LogP contribution < -0.4 is 19.5 Å². The van der Waals surface area contributed by atoms with Gasteiger partial charge in [-0.1, -0.05) is 29.8 Å². The van der Waals surface area contributed by atoms with Gasteiger partial charge in [0.05, 0.1) is 27.0 Å². The van der Waals surface area contributed by atoms with E-state index in [0.29, 0.717) is 33.7 Å². The Bertz CT molecular complexity index is 1460. The zero-order valence-corrected chi connectivity index (χ0v) is 20.8. The lowest BCUT2D eigenvalue weighted by molar-refractivity contribution is -0.142. The molecule has 1 N–H and O–H groups in total. The first-order chi connectivity index (χ1) is 17.7. The zero-order chi connectivity index (χ0) is 26.7. The van der Waals surface area contributed by atoms with Crippen LogP contribution in [0.5, 0.6) is 17.2 Å². The van der Waals surface area contributed by atoms with Gasteiger partial charge >= 0.3 is 6.18 Å². The first-order valence-electron chi connectivity index (χ1n) is 11.0. The van der Waals surface area contributed by atoms with Crippen molar-refractivity contribution in [3.63, 3.8) is 0 Å². The first-order valence-corrected chi connectivity index (χ1v) is 11.3. The van der Waals surface area contributed by atoms with Gasteiger partial charge in [-0.3, -0.25) is 4.79 Å². The lowest BCUT2D eigenvalue weighted by Gasteiger charge is -2.11. The third-order valence-corrected chi connectivity index (χ3v) is 5.90. The summed E-state index contributed by atoms with van der Waals surface area (Å²) in [5.41, 5.74) is -0.551. The molecule has 0 unspecified atom stereocenters. The standard InChI is InChI=1S/C25H22ClF3N4O4/c1-35-16-6-4-5-15(12-16)17-13-20(25(27,28)29)33-23(31-17)21(26)22(32-33)24(34)30-10-9-14-7-8-18(36-2)19(11-14)37-3/h4-8,11-13H,9-10H2,1-3H3,(H,30,34). The third kappa shape index (κ3) is 5.41. The fourth-order valence-corrected chi connectivity index (χ4v) is 3.95. The first kappa shape index (κ1) is 26.1. The molecule has 0 bridgehead atoms. The van der Waals surface area contributed by atoms with Crippen molar-refractivity contribution >= 4 is 23.2 Å². The van der Waals surface area contributed by atoms with Gasteiger partial charge in [-0.15, -0.1) is 0 Å². The molecule has 0 saturated carbocycles. The minimum absolute atomic E-state index is 0.000867. The summed E-state index contributed by atoms with van der Waals surface area (Å²) in [4.78, 5) is 17.1. The van der Waals surface area contributed by atoms with Gasteiger partial charge in [-0.2, -0.15) is 18.3 Å². The third-order valence-electron chi connectivity index (χ3n) is 5.55. The molecule has 4 rings (SSSR count). The molecule has 2 aromatic heterocycles. The minimum atomic E-state index is -4.79. The highest BCUT2D eigenvalue weighted by atomic mass is 35.5. The van der Waals surface area contributed by atoms with Crippen LogP contribution >= 0.6 is 11.6 Å². The highest BCUT2D eigenvalue weighted by Gasteiger charge is 2.36. The zero-order valence-electron chi connectivity index (χ0n) is 20.0. The quantitative estimate of drug-likeness (QED) is 0.340. The molecule has 0 radical (unpaired) electrons. The predicted molar refractivity (Wildman–Crippen MR) is 131 cm³/mol. The summed E-state index contributed by atoms with van der Waals surface area (Å²) in [6, 6.07) is 12.6. The van der Waals surface area contributed by atoms with E-state index in [9.17, 15) is 18.0 Å². The fourth-order valence-electron chi connectivity index (χ4n) is 3.71. The monoisotopic (exact) mass is 534 g/mol. The Morgan fingerprint density at radius 2 is 1.78 bits per heavy atom. The van der Waals surface area contributed by atoms with Crippen LogP contribution in [0.25, 0.3) is 16.9 Å². The average Bonchev–Trinajstić information content (AvgIpc) is 3.23. The molecule has 1 amide bonds. The number of nitrogens with zero attached hydrogens (tertiary/aromatic N) is 3. The maximum atomic E-state index is 13.9. The van der Waals surface area contributed by atoms with Gasteiger partial charge in [0.25, 0.3) is 5.91 Å². The number of nitrogens with one attached hydrogen (secondary N) is 1. The van der Waals surface area contributed by atoms with Crippen LogP contribution in [-0.4, -0.2) is 48.4 Å². The highest BCUT2D eigenvalue weighted by Crippen LogP contribution is 2.35. The normalized spacial score (nSPS) is 11.4. The Kier molecular flexibility index (Phi) is 7.44. The second-order valence-corrected chi connectivity index (χ2v) is 8.23. The molecule has 2 aromatic carbocycles. The Morgan fingerprint density at radius 3 is 2.46 bits per heavy atom. The van der Waals surface area contributed by atoms with Crippen molar-refractivity contribution in [3.05, 3.63) is 70.5 Å². The fraction of sp³-hybridized carbons (Fsp3) is 0.240. The Hall–Kier alpha value is -3.99. The van der Waals surface area contributed by atoms with Crippen molar-refractivity contribution in [2.24, 2.45) is 0 Å². The van der Waals surface area contributed by atoms with Crippen LogP contribution in [-0.2, 0) is 12.6 Å². The van der Waals surface area contributed by atoms with E-state index >= 15 is 0 Å². The van der Waals surface area contributed by atoms with Crippen molar-refractivity contribution in [1.29, 1.82) is 0 Å². The molecule has 0 aliphatic carbocycles. The van der Waals surface area contributed by atoms with Crippen LogP contribution in [0, 0.1) is 0 Å². The van der Waals surface area contributed by atoms with Crippen LogP contribution in [0.15, 0.2) is 48.5 Å². The van der Waals surface area contributed by atoms with E-state index in [2.05, 4.69) is 15.4 Å². The van der Waals surface area contributed by atoms with E-state index in [-0.39, 0.29) is 28.6 Å². The van der Waals surface area contributed by atoms with Gasteiger partial charge in [0.1, 0.15) is 10.8 Å². The molecule has 194 valence electrons. The van der Waals surface area contributed by atoms with Gasteiger partial charge in [0, 0.05) is 12.1 Å². The molecule has 37 heavy (non-hydrogen) atoms. The number of fused-ring (bicyclic) bond motifs is 1. The topological polar surface area (TPSA) is 87.0 Å². The summed E-state index contributed by atoms with van der Waals surface area (Å²) in [6.45, 7) is 0.174. The molecule has 0 aliphatic rings. The molecule has 8 nitrogen and oxygen atoms in total. The van der Waals surface area contributed by atoms with Crippen molar-refractivity contribution < 1.29 is 32.2 Å². The van der Waals surface area contributed by atoms with Crippen molar-refractivity contribution in [2.45, 2.75) is 12.6 Å². The van der Waals surface area contributed by atoms with Gasteiger partial charge in [0.2, 0.25) is 0 Å². The van der Waals surface area contributed by atoms with E-state index < -0.39 is 17.8 Å². The van der Waals surface area contributed by atoms with Gasteiger partial charge in [-0.05, 0) is 42.3 Å². The van der Waals surface area contributed by atoms with E-state index in [1.807, 2.05) is 6.07 Å². The molecule has 0 saturated heterocycles. The number of hydrogen-bond acceptors (Lipinski definition) is 6. The van der Waals surface area contributed by atoms with Crippen molar-refractivity contribution in [2.75, 3.05) is 27.9 Å². The van der Waals surface area contributed by atoms with E-state index in [1.54, 1.807) is 36.4 Å². The number of carbonyl (C=O) groups excluding carboxylic acids is 1. The molecule has 0 atom stereocenters. The number of amides is 1. The Labute approximate surface area is 214 Å². The summed E-state index contributed by atoms with van der Waals surface area (Å²) in [6.07, 6.45) is -4.37. The second kappa shape index (κ2) is 10.6. The molecular formula is C25H22ClF3N4O4. The van der Waals surface area contributed by atoms with E-state index in [4.69, 9.17) is 25.8 Å². The SMILES string of the molecule is COc1cccc(-c2cc(C(F)(F)F)n3nc(C(=O)NCCc4ccc(OC)c(OC)c4)c(Cl)c3n2)c1. The number of alkyl halides is 3.